The largest absolute Gasteiger partial charge is 0.462 e. The zero-order valence-corrected chi connectivity index (χ0v) is 9.96. The molecule has 0 aliphatic rings. The molecule has 0 saturated heterocycles. The van der Waals surface area contributed by atoms with E-state index in [4.69, 9.17) is 10.00 Å². The molecule has 1 rings (SSSR count). The molecule has 1 aromatic carbocycles. The molecular weight excluding hydrogens is 222 g/mol. The normalized spacial score (nSPS) is 9.56. The van der Waals surface area contributed by atoms with Crippen LogP contribution < -0.4 is 0 Å². The Hall–Kier alpha value is -1.47. The summed E-state index contributed by atoms with van der Waals surface area (Å²) in [7, 11) is 0. The van der Waals surface area contributed by atoms with Crippen LogP contribution in [0, 0.1) is 11.3 Å². The molecule has 0 radical (unpaired) electrons. The predicted octanol–water partition coefficient (Wildman–Crippen LogP) is 2.61. The van der Waals surface area contributed by atoms with E-state index in [2.05, 4.69) is 18.7 Å². The molecule has 0 N–H and O–H groups in total. The molecule has 0 heterocycles. The number of benzene rings is 1. The van der Waals surface area contributed by atoms with Crippen molar-refractivity contribution in [3.63, 3.8) is 0 Å². The van der Waals surface area contributed by atoms with E-state index in [9.17, 15) is 4.79 Å². The number of ether oxygens (including phenoxy) is 1. The van der Waals surface area contributed by atoms with Gasteiger partial charge in [0, 0.05) is 11.3 Å². The molecule has 3 nitrogen and oxygen atoms in total. The number of nitriles is 1. The van der Waals surface area contributed by atoms with Gasteiger partial charge in [0.15, 0.2) is 0 Å². The lowest BCUT2D eigenvalue weighted by Crippen LogP contribution is -2.06. The van der Waals surface area contributed by atoms with E-state index in [0.29, 0.717) is 29.9 Å². The zero-order chi connectivity index (χ0) is 12.0. The minimum Gasteiger partial charge on any atom is -0.462 e. The van der Waals surface area contributed by atoms with Crippen molar-refractivity contribution >= 4 is 18.6 Å². The molecule has 4 heteroatoms. The molecular formula is C12H13NO2S. The molecule has 0 aromatic heterocycles. The summed E-state index contributed by atoms with van der Waals surface area (Å²) in [5.74, 6) is -0.369. The lowest BCUT2D eigenvalue weighted by Gasteiger charge is -2.08. The summed E-state index contributed by atoms with van der Waals surface area (Å²) >= 11 is 4.31. The highest BCUT2D eigenvalue weighted by Crippen LogP contribution is 2.21. The SMILES string of the molecule is CCOC(=O)c1cccc(CCC#N)c1S. The van der Waals surface area contributed by atoms with Gasteiger partial charge in [0.1, 0.15) is 0 Å². The number of aryl methyl sites for hydroxylation is 1. The molecule has 0 amide bonds. The standard InChI is InChI=1S/C12H13NO2S/c1-2-15-12(14)10-7-3-5-9(11(10)16)6-4-8-13/h3,5,7,16H,2,4,6H2,1H3. The minimum absolute atomic E-state index is 0.342. The first kappa shape index (κ1) is 12.6. The zero-order valence-electron chi connectivity index (χ0n) is 9.06. The fourth-order valence-electron chi connectivity index (χ4n) is 1.36. The topological polar surface area (TPSA) is 50.1 Å². The van der Waals surface area contributed by atoms with Crippen molar-refractivity contribution in [2.75, 3.05) is 6.61 Å². The number of rotatable bonds is 4. The minimum atomic E-state index is -0.369. The van der Waals surface area contributed by atoms with Crippen molar-refractivity contribution in [3.8, 4) is 6.07 Å². The van der Waals surface area contributed by atoms with Crippen LogP contribution in [0.25, 0.3) is 0 Å². The molecule has 0 aliphatic heterocycles. The number of esters is 1. The van der Waals surface area contributed by atoms with Crippen molar-refractivity contribution in [2.45, 2.75) is 24.7 Å². The van der Waals surface area contributed by atoms with Crippen LogP contribution in [0.2, 0.25) is 0 Å². The van der Waals surface area contributed by atoms with Gasteiger partial charge in [-0.2, -0.15) is 5.26 Å². The van der Waals surface area contributed by atoms with E-state index < -0.39 is 0 Å². The van der Waals surface area contributed by atoms with Crippen molar-refractivity contribution in [1.29, 1.82) is 5.26 Å². The van der Waals surface area contributed by atoms with E-state index in [-0.39, 0.29) is 5.97 Å². The van der Waals surface area contributed by atoms with Crippen LogP contribution in [-0.4, -0.2) is 12.6 Å². The smallest absolute Gasteiger partial charge is 0.339 e. The van der Waals surface area contributed by atoms with E-state index >= 15 is 0 Å². The van der Waals surface area contributed by atoms with Crippen LogP contribution in [0.15, 0.2) is 23.1 Å². The average molecular weight is 235 g/mol. The maximum Gasteiger partial charge on any atom is 0.339 e. The lowest BCUT2D eigenvalue weighted by molar-refractivity contribution is 0.0522. The van der Waals surface area contributed by atoms with Gasteiger partial charge in [-0.15, -0.1) is 12.6 Å². The molecule has 16 heavy (non-hydrogen) atoms. The number of carbonyl (C=O) groups excluding carboxylic acids is 1. The van der Waals surface area contributed by atoms with Gasteiger partial charge in [-0.1, -0.05) is 12.1 Å². The number of carbonyl (C=O) groups is 1. The predicted molar refractivity (Wildman–Crippen MR) is 63.6 cm³/mol. The first-order valence-corrected chi connectivity index (χ1v) is 5.50. The Kier molecular flexibility index (Phi) is 4.87. The average Bonchev–Trinajstić information content (AvgIpc) is 2.28. The summed E-state index contributed by atoms with van der Waals surface area (Å²) in [5.41, 5.74) is 1.36. The molecule has 0 atom stereocenters. The fourth-order valence-corrected chi connectivity index (χ4v) is 1.71. The summed E-state index contributed by atoms with van der Waals surface area (Å²) < 4.78 is 4.92. The third kappa shape index (κ3) is 3.01. The maximum absolute atomic E-state index is 11.6. The third-order valence-corrected chi connectivity index (χ3v) is 2.65. The number of nitrogens with zero attached hydrogens (tertiary/aromatic N) is 1. The quantitative estimate of drug-likeness (QED) is 0.644. The van der Waals surface area contributed by atoms with Crippen molar-refractivity contribution in [1.82, 2.24) is 0 Å². The van der Waals surface area contributed by atoms with Gasteiger partial charge in [0.2, 0.25) is 0 Å². The summed E-state index contributed by atoms with van der Waals surface area (Å²) in [5, 5.41) is 8.51. The van der Waals surface area contributed by atoms with Gasteiger partial charge in [0.05, 0.1) is 18.2 Å². The van der Waals surface area contributed by atoms with Crippen molar-refractivity contribution < 1.29 is 9.53 Å². The molecule has 1 aromatic rings. The van der Waals surface area contributed by atoms with Crippen LogP contribution in [0.4, 0.5) is 0 Å². The molecule has 0 saturated carbocycles. The molecule has 84 valence electrons. The summed E-state index contributed by atoms with van der Waals surface area (Å²) in [6.07, 6.45) is 1.02. The maximum atomic E-state index is 11.6. The second-order valence-electron chi connectivity index (χ2n) is 3.19. The fraction of sp³-hybridized carbons (Fsp3) is 0.333. The number of hydrogen-bond acceptors (Lipinski definition) is 4. The first-order chi connectivity index (χ1) is 7.70. The third-order valence-electron chi connectivity index (χ3n) is 2.12. The van der Waals surface area contributed by atoms with E-state index in [0.717, 1.165) is 5.56 Å². The Bertz CT molecular complexity index is 424. The van der Waals surface area contributed by atoms with E-state index in [1.54, 1.807) is 19.1 Å². The lowest BCUT2D eigenvalue weighted by atomic mass is 10.1. The molecule has 0 spiro atoms. The van der Waals surface area contributed by atoms with Crippen LogP contribution in [0.3, 0.4) is 0 Å². The number of thiol groups is 1. The van der Waals surface area contributed by atoms with Gasteiger partial charge in [-0.25, -0.2) is 4.79 Å². The highest BCUT2D eigenvalue weighted by molar-refractivity contribution is 7.80. The van der Waals surface area contributed by atoms with Gasteiger partial charge >= 0.3 is 5.97 Å². The second-order valence-corrected chi connectivity index (χ2v) is 3.64. The van der Waals surface area contributed by atoms with Gasteiger partial charge in [-0.05, 0) is 25.0 Å². The molecule has 0 aliphatic carbocycles. The van der Waals surface area contributed by atoms with Gasteiger partial charge in [0.25, 0.3) is 0 Å². The van der Waals surface area contributed by atoms with Crippen molar-refractivity contribution in [3.05, 3.63) is 29.3 Å². The van der Waals surface area contributed by atoms with Crippen LogP contribution in [-0.2, 0) is 11.2 Å². The van der Waals surface area contributed by atoms with Crippen molar-refractivity contribution in [2.24, 2.45) is 0 Å². The van der Waals surface area contributed by atoms with Gasteiger partial charge in [-0.3, -0.25) is 0 Å². The Morgan fingerprint density at radius 3 is 2.94 bits per heavy atom. The van der Waals surface area contributed by atoms with Crippen LogP contribution in [0.5, 0.6) is 0 Å². The molecule has 0 unspecified atom stereocenters. The summed E-state index contributed by atoms with van der Waals surface area (Å²) in [6, 6.07) is 7.38. The second kappa shape index (κ2) is 6.19. The van der Waals surface area contributed by atoms with Crippen LogP contribution in [0.1, 0.15) is 29.3 Å². The highest BCUT2D eigenvalue weighted by atomic mass is 32.1. The Balaban J connectivity index is 2.95. The molecule has 0 fully saturated rings. The van der Waals surface area contributed by atoms with Crippen LogP contribution >= 0.6 is 12.6 Å². The Morgan fingerprint density at radius 2 is 2.31 bits per heavy atom. The molecule has 0 bridgehead atoms. The highest BCUT2D eigenvalue weighted by Gasteiger charge is 2.12. The van der Waals surface area contributed by atoms with E-state index in [1.807, 2.05) is 6.07 Å². The summed E-state index contributed by atoms with van der Waals surface area (Å²) in [6.45, 7) is 2.10. The Labute approximate surface area is 100 Å². The van der Waals surface area contributed by atoms with Gasteiger partial charge < -0.3 is 4.74 Å². The number of hydrogen-bond donors (Lipinski definition) is 1. The summed E-state index contributed by atoms with van der Waals surface area (Å²) in [4.78, 5) is 12.2. The Morgan fingerprint density at radius 1 is 1.56 bits per heavy atom. The monoisotopic (exact) mass is 235 g/mol. The van der Waals surface area contributed by atoms with E-state index in [1.165, 1.54) is 0 Å². The first-order valence-electron chi connectivity index (χ1n) is 5.05.